The number of piperazine rings is 1. The van der Waals surface area contributed by atoms with Gasteiger partial charge in [-0.2, -0.15) is 0 Å². The van der Waals surface area contributed by atoms with Crippen LogP contribution < -0.4 is 14.8 Å². The number of amides is 1. The minimum atomic E-state index is -3.86. The molecule has 3 rings (SSSR count). The molecule has 8 heteroatoms. The molecule has 1 aliphatic heterocycles. The van der Waals surface area contributed by atoms with E-state index in [0.29, 0.717) is 23.5 Å². The van der Waals surface area contributed by atoms with Gasteiger partial charge in [-0.05, 0) is 37.3 Å². The van der Waals surface area contributed by atoms with Crippen molar-refractivity contribution in [2.45, 2.75) is 17.9 Å². The van der Waals surface area contributed by atoms with Gasteiger partial charge in [-0.15, -0.1) is 0 Å². The Bertz CT molecular complexity index is 930. The number of anilines is 1. The lowest BCUT2D eigenvalue weighted by molar-refractivity contribution is 0.0655. The van der Waals surface area contributed by atoms with Crippen molar-refractivity contribution in [1.82, 2.24) is 10.2 Å². The quantitative estimate of drug-likeness (QED) is 0.816. The Morgan fingerprint density at radius 1 is 1.22 bits per heavy atom. The van der Waals surface area contributed by atoms with E-state index in [1.807, 2.05) is 6.92 Å². The number of nitrogens with one attached hydrogen (secondary N) is 2. The maximum absolute atomic E-state index is 12.8. The summed E-state index contributed by atoms with van der Waals surface area (Å²) in [5, 5.41) is 3.23. The zero-order chi connectivity index (χ0) is 19.4. The monoisotopic (exact) mass is 389 g/mol. The van der Waals surface area contributed by atoms with Gasteiger partial charge in [0.25, 0.3) is 15.9 Å². The van der Waals surface area contributed by atoms with Crippen LogP contribution in [0.25, 0.3) is 0 Å². The third-order valence-corrected chi connectivity index (χ3v) is 5.87. The molecule has 144 valence electrons. The molecule has 0 aliphatic carbocycles. The molecule has 1 aliphatic rings. The van der Waals surface area contributed by atoms with Gasteiger partial charge < -0.3 is 15.0 Å². The van der Waals surface area contributed by atoms with Crippen molar-refractivity contribution in [1.29, 1.82) is 0 Å². The first-order valence-electron chi connectivity index (χ1n) is 8.70. The molecule has 0 bridgehead atoms. The molecule has 1 saturated heterocycles. The summed E-state index contributed by atoms with van der Waals surface area (Å²) in [4.78, 5) is 14.6. The van der Waals surface area contributed by atoms with Crippen molar-refractivity contribution < 1.29 is 17.9 Å². The van der Waals surface area contributed by atoms with Crippen molar-refractivity contribution in [2.24, 2.45) is 0 Å². The van der Waals surface area contributed by atoms with Gasteiger partial charge in [0.15, 0.2) is 0 Å². The second kappa shape index (κ2) is 7.98. The van der Waals surface area contributed by atoms with Crippen LogP contribution in [0.5, 0.6) is 5.75 Å². The lowest BCUT2D eigenvalue weighted by Crippen LogP contribution is -2.52. The van der Waals surface area contributed by atoms with Gasteiger partial charge in [-0.1, -0.05) is 18.2 Å². The summed E-state index contributed by atoms with van der Waals surface area (Å²) >= 11 is 0. The lowest BCUT2D eigenvalue weighted by atomic mass is 10.1. The van der Waals surface area contributed by atoms with Crippen molar-refractivity contribution in [3.8, 4) is 5.75 Å². The molecule has 2 aromatic carbocycles. The Hall–Kier alpha value is -2.58. The molecule has 0 spiro atoms. The first-order chi connectivity index (χ1) is 12.9. The molecule has 0 radical (unpaired) electrons. The first-order valence-corrected chi connectivity index (χ1v) is 10.2. The summed E-state index contributed by atoms with van der Waals surface area (Å²) in [6, 6.07) is 12.9. The number of carbonyl (C=O) groups excluding carboxylic acids is 1. The average Bonchev–Trinajstić information content (AvgIpc) is 2.68. The number of carbonyl (C=O) groups is 1. The second-order valence-electron chi connectivity index (χ2n) is 6.39. The van der Waals surface area contributed by atoms with Gasteiger partial charge in [0, 0.05) is 31.2 Å². The van der Waals surface area contributed by atoms with Crippen molar-refractivity contribution in [3.63, 3.8) is 0 Å². The van der Waals surface area contributed by atoms with Crippen LogP contribution in [0.15, 0.2) is 53.4 Å². The number of nitrogens with zero attached hydrogens (tertiary/aromatic N) is 1. The predicted octanol–water partition coefficient (Wildman–Crippen LogP) is 1.93. The van der Waals surface area contributed by atoms with E-state index in [9.17, 15) is 13.2 Å². The van der Waals surface area contributed by atoms with Crippen LogP contribution in [0.4, 0.5) is 5.69 Å². The molecule has 1 atom stereocenters. The van der Waals surface area contributed by atoms with Gasteiger partial charge >= 0.3 is 0 Å². The molecule has 2 aromatic rings. The normalized spacial score (nSPS) is 17.4. The van der Waals surface area contributed by atoms with E-state index in [-0.39, 0.29) is 16.8 Å². The number of para-hydroxylation sites is 2. The van der Waals surface area contributed by atoms with Crippen LogP contribution in [-0.2, 0) is 10.0 Å². The predicted molar refractivity (Wildman–Crippen MR) is 104 cm³/mol. The van der Waals surface area contributed by atoms with Crippen LogP contribution >= 0.6 is 0 Å². The van der Waals surface area contributed by atoms with Gasteiger partial charge in [-0.3, -0.25) is 9.52 Å². The second-order valence-corrected chi connectivity index (χ2v) is 8.07. The SMILES string of the molecule is COc1ccccc1NS(=O)(=O)c1cccc(C(=O)N2CCNC[C@H]2C)c1. The maximum Gasteiger partial charge on any atom is 0.262 e. The zero-order valence-electron chi connectivity index (χ0n) is 15.3. The summed E-state index contributed by atoms with van der Waals surface area (Å²) in [6.45, 7) is 4.01. The van der Waals surface area contributed by atoms with Crippen molar-refractivity contribution >= 4 is 21.6 Å². The van der Waals surface area contributed by atoms with Crippen molar-refractivity contribution in [2.75, 3.05) is 31.5 Å². The van der Waals surface area contributed by atoms with E-state index in [4.69, 9.17) is 4.74 Å². The minimum absolute atomic E-state index is 0.0297. The van der Waals surface area contributed by atoms with E-state index in [2.05, 4.69) is 10.0 Å². The number of benzene rings is 2. The first kappa shape index (κ1) is 19.2. The summed E-state index contributed by atoms with van der Waals surface area (Å²) in [6.07, 6.45) is 0. The Balaban J connectivity index is 1.86. The van der Waals surface area contributed by atoms with E-state index < -0.39 is 10.0 Å². The minimum Gasteiger partial charge on any atom is -0.495 e. The summed E-state index contributed by atoms with van der Waals surface area (Å²) in [5.74, 6) is 0.251. The topological polar surface area (TPSA) is 87.7 Å². The Labute approximate surface area is 159 Å². The van der Waals surface area contributed by atoms with Gasteiger partial charge in [0.2, 0.25) is 0 Å². The van der Waals surface area contributed by atoms with Crippen LogP contribution in [0.3, 0.4) is 0 Å². The molecule has 1 heterocycles. The number of sulfonamides is 1. The van der Waals surface area contributed by atoms with E-state index in [0.717, 1.165) is 13.1 Å². The van der Waals surface area contributed by atoms with Crippen LogP contribution in [0.1, 0.15) is 17.3 Å². The zero-order valence-corrected chi connectivity index (χ0v) is 16.1. The standard InChI is InChI=1S/C19H23N3O4S/c1-14-13-20-10-11-22(14)19(23)15-6-5-7-16(12-15)27(24,25)21-17-8-3-4-9-18(17)26-2/h3-9,12,14,20-21H,10-11,13H2,1-2H3/t14-/m1/s1. The molecule has 2 N–H and O–H groups in total. The molecule has 1 fully saturated rings. The highest BCUT2D eigenvalue weighted by atomic mass is 32.2. The highest BCUT2D eigenvalue weighted by molar-refractivity contribution is 7.92. The fourth-order valence-corrected chi connectivity index (χ4v) is 4.15. The number of rotatable bonds is 5. The van der Waals surface area contributed by atoms with Crippen molar-refractivity contribution in [3.05, 3.63) is 54.1 Å². The van der Waals surface area contributed by atoms with E-state index in [1.54, 1.807) is 41.3 Å². The molecule has 0 unspecified atom stereocenters. The average molecular weight is 389 g/mol. The maximum atomic E-state index is 12.8. The van der Waals surface area contributed by atoms with Gasteiger partial charge in [-0.25, -0.2) is 8.42 Å². The molecule has 7 nitrogen and oxygen atoms in total. The summed E-state index contributed by atoms with van der Waals surface area (Å²) in [5.41, 5.74) is 0.694. The summed E-state index contributed by atoms with van der Waals surface area (Å²) < 4.78 is 33.3. The number of hydrogen-bond acceptors (Lipinski definition) is 5. The molecular formula is C19H23N3O4S. The van der Waals surface area contributed by atoms with E-state index in [1.165, 1.54) is 19.2 Å². The molecule has 27 heavy (non-hydrogen) atoms. The lowest BCUT2D eigenvalue weighted by Gasteiger charge is -2.34. The highest BCUT2D eigenvalue weighted by Gasteiger charge is 2.25. The molecule has 0 aromatic heterocycles. The number of methoxy groups -OCH3 is 1. The largest absolute Gasteiger partial charge is 0.495 e. The molecular weight excluding hydrogens is 366 g/mol. The Morgan fingerprint density at radius 2 is 2.00 bits per heavy atom. The Morgan fingerprint density at radius 3 is 2.74 bits per heavy atom. The van der Waals surface area contributed by atoms with Gasteiger partial charge in [0.05, 0.1) is 17.7 Å². The smallest absolute Gasteiger partial charge is 0.262 e. The molecule has 1 amide bonds. The fourth-order valence-electron chi connectivity index (χ4n) is 3.04. The van der Waals surface area contributed by atoms with Crippen LogP contribution in [0, 0.1) is 0 Å². The number of hydrogen-bond donors (Lipinski definition) is 2. The fraction of sp³-hybridized carbons (Fsp3) is 0.316. The Kier molecular flexibility index (Phi) is 5.67. The molecule has 0 saturated carbocycles. The summed E-state index contributed by atoms with van der Waals surface area (Å²) in [7, 11) is -2.39. The van der Waals surface area contributed by atoms with E-state index >= 15 is 0 Å². The third kappa shape index (κ3) is 4.23. The van der Waals surface area contributed by atoms with Crippen LogP contribution in [0.2, 0.25) is 0 Å². The highest BCUT2D eigenvalue weighted by Crippen LogP contribution is 2.26. The van der Waals surface area contributed by atoms with Gasteiger partial charge in [0.1, 0.15) is 5.75 Å². The number of ether oxygens (including phenoxy) is 1. The van der Waals surface area contributed by atoms with Crippen LogP contribution in [-0.4, -0.2) is 52.0 Å². The third-order valence-electron chi connectivity index (χ3n) is 4.50.